The maximum absolute atomic E-state index is 11.7. The molecule has 7 nitrogen and oxygen atoms in total. The molecule has 7 heteroatoms. The molecule has 5 fully saturated rings. The molecule has 0 spiro atoms. The van der Waals surface area contributed by atoms with Gasteiger partial charge in [-0.05, 0) is 18.8 Å². The Labute approximate surface area is 170 Å². The summed E-state index contributed by atoms with van der Waals surface area (Å²) in [6.07, 6.45) is 7.60. The van der Waals surface area contributed by atoms with Crippen LogP contribution >= 0.6 is 0 Å². The number of fused-ring (bicyclic) bond motifs is 3. The van der Waals surface area contributed by atoms with Crippen LogP contribution in [0.4, 0.5) is 0 Å². The van der Waals surface area contributed by atoms with Crippen LogP contribution in [0.5, 0.6) is 0 Å². The van der Waals surface area contributed by atoms with E-state index in [1.807, 2.05) is 0 Å². The predicted molar refractivity (Wildman–Crippen MR) is 108 cm³/mol. The summed E-state index contributed by atoms with van der Waals surface area (Å²) in [4.78, 5) is 18.9. The van der Waals surface area contributed by atoms with Crippen molar-refractivity contribution in [2.75, 3.05) is 72.6 Å². The van der Waals surface area contributed by atoms with Crippen molar-refractivity contribution in [3.8, 4) is 0 Å². The number of ether oxygens (including phenoxy) is 1. The van der Waals surface area contributed by atoms with Crippen LogP contribution in [0.15, 0.2) is 0 Å². The Morgan fingerprint density at radius 2 is 2.07 bits per heavy atom. The van der Waals surface area contributed by atoms with Gasteiger partial charge < -0.3 is 25.2 Å². The maximum Gasteiger partial charge on any atom is 0.246 e. The normalized spacial score (nSPS) is 37.1. The number of nitrogens with zero attached hydrogens (tertiary/aromatic N) is 2. The number of piperazine rings is 1. The van der Waals surface area contributed by atoms with Gasteiger partial charge in [-0.3, -0.25) is 9.69 Å². The second-order valence-electron chi connectivity index (χ2n) is 9.52. The molecule has 0 saturated carbocycles. The first-order chi connectivity index (χ1) is 13.7. The van der Waals surface area contributed by atoms with Crippen LogP contribution in [-0.4, -0.2) is 101 Å². The van der Waals surface area contributed by atoms with E-state index in [2.05, 4.69) is 20.4 Å². The molecular weight excluding hydrogens is 354 g/mol. The minimum absolute atomic E-state index is 0.0224. The molecule has 0 radical (unpaired) electrons. The third kappa shape index (κ3) is 5.05. The number of methoxy groups -OCH3 is 1. The molecule has 5 aliphatic rings. The lowest BCUT2D eigenvalue weighted by molar-refractivity contribution is -0.945. The first-order valence-electron chi connectivity index (χ1n) is 11.6. The number of amides is 1. The topological polar surface area (TPSA) is 65.9 Å². The summed E-state index contributed by atoms with van der Waals surface area (Å²) in [5.41, 5.74) is 0. The van der Waals surface area contributed by atoms with Gasteiger partial charge in [-0.25, -0.2) is 0 Å². The molecule has 28 heavy (non-hydrogen) atoms. The average molecular weight is 396 g/mol. The summed E-state index contributed by atoms with van der Waals surface area (Å²) in [5, 5.41) is 5.64. The lowest BCUT2D eigenvalue weighted by Crippen LogP contribution is -3.20. The molecule has 5 heterocycles. The summed E-state index contributed by atoms with van der Waals surface area (Å²) >= 11 is 0. The van der Waals surface area contributed by atoms with Gasteiger partial charge in [0.05, 0.1) is 26.2 Å². The standard InChI is InChI=1S/C21H39N5O2/c1-28-16-21(27)23-13-19-12-17-5-7-26(19)15-18(17)14-24-8-10-25(11-9-24)20-4-2-3-6-22-20/h17-20,22H,2-16H2,1H3,(H,23,27)/p+2. The quantitative estimate of drug-likeness (QED) is 0.455. The molecule has 5 unspecified atom stereocenters. The largest absolute Gasteiger partial charge is 0.375 e. The van der Waals surface area contributed by atoms with E-state index in [1.54, 1.807) is 12.0 Å². The van der Waals surface area contributed by atoms with E-state index in [1.165, 1.54) is 84.5 Å². The van der Waals surface area contributed by atoms with Gasteiger partial charge in [0, 0.05) is 65.0 Å². The zero-order valence-corrected chi connectivity index (χ0v) is 17.7. The van der Waals surface area contributed by atoms with Crippen molar-refractivity contribution in [2.45, 2.75) is 44.3 Å². The molecule has 5 saturated heterocycles. The third-order valence-corrected chi connectivity index (χ3v) is 7.77. The molecule has 0 aromatic heterocycles. The number of carbonyl (C=O) groups excluding carboxylic acids is 1. The molecule has 160 valence electrons. The number of nitrogens with one attached hydrogen (secondary N) is 2. The maximum atomic E-state index is 11.7. The van der Waals surface area contributed by atoms with Crippen molar-refractivity contribution >= 4 is 5.91 Å². The number of piperidine rings is 4. The van der Waals surface area contributed by atoms with Gasteiger partial charge in [-0.15, -0.1) is 0 Å². The molecule has 2 bridgehead atoms. The fraction of sp³-hybridized carbons (Fsp3) is 0.952. The van der Waals surface area contributed by atoms with Gasteiger partial charge in [0.25, 0.3) is 0 Å². The van der Waals surface area contributed by atoms with Crippen molar-refractivity contribution in [1.29, 1.82) is 0 Å². The Bertz CT molecular complexity index is 505. The van der Waals surface area contributed by atoms with Crippen LogP contribution in [0.25, 0.3) is 0 Å². The Kier molecular flexibility index (Phi) is 7.22. The SMILES string of the molecule is COCC(=O)NCC1CC2CC[NH+]1CC2CN1CCN(C2CCCC[NH2+]2)CC1. The van der Waals surface area contributed by atoms with Gasteiger partial charge >= 0.3 is 0 Å². The third-order valence-electron chi connectivity index (χ3n) is 7.77. The zero-order valence-electron chi connectivity index (χ0n) is 17.7. The van der Waals surface area contributed by atoms with Gasteiger partial charge in [0.1, 0.15) is 18.8 Å². The van der Waals surface area contributed by atoms with E-state index in [0.29, 0.717) is 6.04 Å². The van der Waals surface area contributed by atoms with Gasteiger partial charge in [-0.1, -0.05) is 0 Å². The highest BCUT2D eigenvalue weighted by Gasteiger charge is 2.44. The fourth-order valence-corrected chi connectivity index (χ4v) is 6.15. The highest BCUT2D eigenvalue weighted by atomic mass is 16.5. The Morgan fingerprint density at radius 1 is 1.21 bits per heavy atom. The molecule has 5 rings (SSSR count). The molecular formula is C21H41N5O2+2. The molecule has 0 aromatic carbocycles. The number of carbonyl (C=O) groups is 1. The highest BCUT2D eigenvalue weighted by Crippen LogP contribution is 2.28. The first-order valence-corrected chi connectivity index (χ1v) is 11.6. The molecule has 1 amide bonds. The summed E-state index contributed by atoms with van der Waals surface area (Å²) in [6, 6.07) is 0.606. The van der Waals surface area contributed by atoms with E-state index in [-0.39, 0.29) is 12.5 Å². The summed E-state index contributed by atoms with van der Waals surface area (Å²) in [5.74, 6) is 1.73. The summed E-state index contributed by atoms with van der Waals surface area (Å²) in [7, 11) is 1.58. The van der Waals surface area contributed by atoms with Gasteiger partial charge in [-0.2, -0.15) is 0 Å². The van der Waals surface area contributed by atoms with Crippen LogP contribution in [0.2, 0.25) is 0 Å². The van der Waals surface area contributed by atoms with Crippen LogP contribution in [0.3, 0.4) is 0 Å². The van der Waals surface area contributed by atoms with Crippen LogP contribution in [0.1, 0.15) is 32.1 Å². The number of quaternary nitrogens is 2. The monoisotopic (exact) mass is 395 g/mol. The lowest BCUT2D eigenvalue weighted by atomic mass is 9.75. The summed E-state index contributed by atoms with van der Waals surface area (Å²) < 4.78 is 4.92. The number of rotatable bonds is 7. The number of hydrogen-bond acceptors (Lipinski definition) is 4. The highest BCUT2D eigenvalue weighted by molar-refractivity contribution is 5.77. The lowest BCUT2D eigenvalue weighted by Gasteiger charge is -2.48. The first kappa shape index (κ1) is 20.5. The minimum Gasteiger partial charge on any atom is -0.375 e. The fourth-order valence-electron chi connectivity index (χ4n) is 6.15. The Hall–Kier alpha value is -0.730. The number of hydrogen-bond donors (Lipinski definition) is 3. The van der Waals surface area contributed by atoms with E-state index in [9.17, 15) is 4.79 Å². The smallest absolute Gasteiger partial charge is 0.246 e. The van der Waals surface area contributed by atoms with Crippen LogP contribution in [0, 0.1) is 11.8 Å². The second-order valence-corrected chi connectivity index (χ2v) is 9.52. The molecule has 5 atom stereocenters. The Morgan fingerprint density at radius 3 is 2.75 bits per heavy atom. The number of nitrogens with two attached hydrogens (primary N) is 1. The summed E-state index contributed by atoms with van der Waals surface area (Å²) in [6.45, 7) is 11.2. The van der Waals surface area contributed by atoms with Crippen LogP contribution in [-0.2, 0) is 9.53 Å². The van der Waals surface area contributed by atoms with E-state index in [4.69, 9.17) is 4.74 Å². The molecule has 0 aliphatic carbocycles. The van der Waals surface area contributed by atoms with E-state index in [0.717, 1.165) is 24.5 Å². The van der Waals surface area contributed by atoms with E-state index >= 15 is 0 Å². The van der Waals surface area contributed by atoms with Crippen molar-refractivity contribution < 1.29 is 19.7 Å². The molecule has 5 aliphatic heterocycles. The minimum atomic E-state index is 0.0224. The van der Waals surface area contributed by atoms with E-state index < -0.39 is 0 Å². The van der Waals surface area contributed by atoms with Gasteiger partial charge in [0.15, 0.2) is 0 Å². The second kappa shape index (κ2) is 9.85. The van der Waals surface area contributed by atoms with Crippen LogP contribution < -0.4 is 15.5 Å². The molecule has 4 N–H and O–H groups in total. The average Bonchev–Trinajstić information content (AvgIpc) is 2.74. The van der Waals surface area contributed by atoms with Gasteiger partial charge in [0.2, 0.25) is 5.91 Å². The van der Waals surface area contributed by atoms with Crippen molar-refractivity contribution in [3.05, 3.63) is 0 Å². The molecule has 0 aromatic rings. The Balaban J connectivity index is 1.19. The van der Waals surface area contributed by atoms with Crippen molar-refractivity contribution in [1.82, 2.24) is 15.1 Å². The predicted octanol–water partition coefficient (Wildman–Crippen LogP) is -2.27. The zero-order chi connectivity index (χ0) is 19.3. The van der Waals surface area contributed by atoms with Crippen molar-refractivity contribution in [3.63, 3.8) is 0 Å². The van der Waals surface area contributed by atoms with Crippen molar-refractivity contribution in [2.24, 2.45) is 11.8 Å².